The molecule has 4 heterocycles. The summed E-state index contributed by atoms with van der Waals surface area (Å²) in [4.78, 5) is 15.8. The van der Waals surface area contributed by atoms with Crippen molar-refractivity contribution < 1.29 is 19.3 Å². The SMILES string of the molecule is COCCOc1cc(N2CCOCC2)c(C#N)cc1Nc1nccc(-c2cnc3c(c2)C(C)(CO)CN3)n1. The predicted molar refractivity (Wildman–Crippen MR) is 143 cm³/mol. The Kier molecular flexibility index (Phi) is 7.55. The monoisotopic (exact) mass is 517 g/mol. The van der Waals surface area contributed by atoms with Crippen molar-refractivity contribution >= 4 is 23.1 Å². The van der Waals surface area contributed by atoms with E-state index in [9.17, 15) is 10.4 Å². The largest absolute Gasteiger partial charge is 0.489 e. The van der Waals surface area contributed by atoms with E-state index in [1.54, 1.807) is 25.6 Å². The van der Waals surface area contributed by atoms with Crippen molar-refractivity contribution in [3.63, 3.8) is 0 Å². The first-order valence-corrected chi connectivity index (χ1v) is 12.5. The summed E-state index contributed by atoms with van der Waals surface area (Å²) in [6.45, 7) is 6.02. The summed E-state index contributed by atoms with van der Waals surface area (Å²) in [7, 11) is 1.62. The van der Waals surface area contributed by atoms with Crippen LogP contribution in [0.1, 0.15) is 18.1 Å². The van der Waals surface area contributed by atoms with Gasteiger partial charge >= 0.3 is 0 Å². The number of aliphatic hydroxyl groups excluding tert-OH is 1. The molecule has 1 unspecified atom stereocenters. The number of morpholine rings is 1. The standard InChI is InChI=1S/C27H31N7O4/c1-27(17-35)16-31-25-20(27)11-19(15-30-25)21-3-4-29-26(32-21)33-22-12-18(14-28)23(34-5-7-37-8-6-34)13-24(22)38-10-9-36-2/h3-4,11-13,15,35H,5-10,16-17H2,1-2H3,(H,30,31)(H,29,32,33). The molecule has 0 amide bonds. The molecule has 2 aliphatic rings. The van der Waals surface area contributed by atoms with Gasteiger partial charge in [0.1, 0.15) is 24.2 Å². The van der Waals surface area contributed by atoms with E-state index in [1.807, 2.05) is 25.1 Å². The lowest BCUT2D eigenvalue weighted by molar-refractivity contribution is 0.122. The van der Waals surface area contributed by atoms with Crippen LogP contribution in [-0.4, -0.2) is 79.8 Å². The Morgan fingerprint density at radius 2 is 2.08 bits per heavy atom. The van der Waals surface area contributed by atoms with Crippen LogP contribution in [0.2, 0.25) is 0 Å². The molecule has 0 saturated carbocycles. The number of pyridine rings is 1. The lowest BCUT2D eigenvalue weighted by atomic mass is 9.85. The Balaban J connectivity index is 1.46. The van der Waals surface area contributed by atoms with E-state index < -0.39 is 5.41 Å². The molecule has 38 heavy (non-hydrogen) atoms. The van der Waals surface area contributed by atoms with Gasteiger partial charge < -0.3 is 34.9 Å². The molecule has 0 bridgehead atoms. The van der Waals surface area contributed by atoms with Crippen LogP contribution in [0.5, 0.6) is 5.75 Å². The minimum absolute atomic E-state index is 0.0161. The van der Waals surface area contributed by atoms with Gasteiger partial charge in [0.25, 0.3) is 0 Å². The van der Waals surface area contributed by atoms with Crippen LogP contribution in [0.3, 0.4) is 0 Å². The molecule has 2 aliphatic heterocycles. The Morgan fingerprint density at radius 1 is 1.24 bits per heavy atom. The quantitative estimate of drug-likeness (QED) is 0.361. The maximum Gasteiger partial charge on any atom is 0.227 e. The molecular weight excluding hydrogens is 486 g/mol. The van der Waals surface area contributed by atoms with Gasteiger partial charge in [0.05, 0.1) is 49.1 Å². The highest BCUT2D eigenvalue weighted by atomic mass is 16.5. The van der Waals surface area contributed by atoms with Gasteiger partial charge in [0, 0.05) is 61.7 Å². The van der Waals surface area contributed by atoms with Crippen LogP contribution >= 0.6 is 0 Å². The zero-order chi connectivity index (χ0) is 26.5. The van der Waals surface area contributed by atoms with Gasteiger partial charge in [-0.2, -0.15) is 5.26 Å². The van der Waals surface area contributed by atoms with Gasteiger partial charge in [0.15, 0.2) is 0 Å². The molecule has 11 nitrogen and oxygen atoms in total. The highest BCUT2D eigenvalue weighted by Crippen LogP contribution is 2.38. The lowest BCUT2D eigenvalue weighted by Crippen LogP contribution is -2.36. The molecule has 0 spiro atoms. The number of aromatic nitrogens is 3. The fraction of sp³-hybridized carbons (Fsp3) is 0.407. The minimum Gasteiger partial charge on any atom is -0.489 e. The minimum atomic E-state index is -0.406. The number of nitrogens with one attached hydrogen (secondary N) is 2. The number of hydrogen-bond acceptors (Lipinski definition) is 11. The van der Waals surface area contributed by atoms with Gasteiger partial charge in [-0.25, -0.2) is 15.0 Å². The topological polar surface area (TPSA) is 138 Å². The maximum atomic E-state index is 9.94. The number of nitrogens with zero attached hydrogens (tertiary/aromatic N) is 5. The van der Waals surface area contributed by atoms with Crippen LogP contribution < -0.4 is 20.3 Å². The van der Waals surface area contributed by atoms with Crippen molar-refractivity contribution in [2.75, 3.05) is 75.3 Å². The second kappa shape index (κ2) is 11.2. The van der Waals surface area contributed by atoms with Gasteiger partial charge in [-0.1, -0.05) is 6.92 Å². The molecule has 3 aromatic rings. The summed E-state index contributed by atoms with van der Waals surface area (Å²) in [5.41, 5.74) is 3.94. The number of hydrogen-bond donors (Lipinski definition) is 3. The molecule has 1 saturated heterocycles. The number of aliphatic hydroxyl groups is 1. The van der Waals surface area contributed by atoms with Crippen LogP contribution in [0, 0.1) is 11.3 Å². The van der Waals surface area contributed by atoms with Crippen LogP contribution in [0.4, 0.5) is 23.1 Å². The number of anilines is 4. The Bertz CT molecular complexity index is 1340. The van der Waals surface area contributed by atoms with Gasteiger partial charge in [-0.3, -0.25) is 0 Å². The highest BCUT2D eigenvalue weighted by Gasteiger charge is 2.35. The zero-order valence-corrected chi connectivity index (χ0v) is 21.5. The molecule has 0 aliphatic carbocycles. The normalized spacial score (nSPS) is 18.4. The summed E-state index contributed by atoms with van der Waals surface area (Å²) >= 11 is 0. The van der Waals surface area contributed by atoms with E-state index in [2.05, 4.69) is 31.6 Å². The second-order valence-electron chi connectivity index (χ2n) is 9.50. The average Bonchev–Trinajstić information content (AvgIpc) is 3.30. The summed E-state index contributed by atoms with van der Waals surface area (Å²) in [5.74, 6) is 1.70. The van der Waals surface area contributed by atoms with Crippen LogP contribution in [0.25, 0.3) is 11.3 Å². The third-order valence-corrected chi connectivity index (χ3v) is 6.85. The molecule has 1 fully saturated rings. The van der Waals surface area contributed by atoms with E-state index in [0.717, 1.165) is 22.6 Å². The van der Waals surface area contributed by atoms with Crippen molar-refractivity contribution in [3.05, 3.63) is 47.8 Å². The number of fused-ring (bicyclic) bond motifs is 1. The third-order valence-electron chi connectivity index (χ3n) is 6.85. The molecule has 1 atom stereocenters. The van der Waals surface area contributed by atoms with Crippen molar-refractivity contribution in [1.29, 1.82) is 5.26 Å². The van der Waals surface area contributed by atoms with Gasteiger partial charge in [-0.15, -0.1) is 0 Å². The highest BCUT2D eigenvalue weighted by molar-refractivity contribution is 5.75. The van der Waals surface area contributed by atoms with Crippen LogP contribution in [0.15, 0.2) is 36.7 Å². The van der Waals surface area contributed by atoms with Gasteiger partial charge in [0.2, 0.25) is 5.95 Å². The number of methoxy groups -OCH3 is 1. The second-order valence-corrected chi connectivity index (χ2v) is 9.50. The number of ether oxygens (including phenoxy) is 3. The summed E-state index contributed by atoms with van der Waals surface area (Å²) in [6, 6.07) is 9.77. The fourth-order valence-electron chi connectivity index (χ4n) is 4.60. The molecule has 1 aromatic carbocycles. The van der Waals surface area contributed by atoms with E-state index in [0.29, 0.717) is 74.7 Å². The molecule has 198 valence electrons. The molecular formula is C27H31N7O4. The Labute approximate surface area is 221 Å². The van der Waals surface area contributed by atoms with Crippen molar-refractivity contribution in [2.45, 2.75) is 12.3 Å². The molecule has 5 rings (SSSR count). The van der Waals surface area contributed by atoms with Crippen molar-refractivity contribution in [2.24, 2.45) is 0 Å². The predicted octanol–water partition coefficient (Wildman–Crippen LogP) is 2.69. The Hall–Kier alpha value is -3.98. The number of nitriles is 1. The maximum absolute atomic E-state index is 9.94. The number of rotatable bonds is 9. The summed E-state index contributed by atoms with van der Waals surface area (Å²) < 4.78 is 16.7. The molecule has 11 heteroatoms. The average molecular weight is 518 g/mol. The summed E-state index contributed by atoms with van der Waals surface area (Å²) in [5, 5.41) is 26.3. The van der Waals surface area contributed by atoms with E-state index in [-0.39, 0.29) is 6.61 Å². The zero-order valence-electron chi connectivity index (χ0n) is 21.5. The van der Waals surface area contributed by atoms with E-state index in [1.165, 1.54) is 0 Å². The first kappa shape index (κ1) is 25.7. The fourth-order valence-corrected chi connectivity index (χ4v) is 4.60. The summed E-state index contributed by atoms with van der Waals surface area (Å²) in [6.07, 6.45) is 3.42. The van der Waals surface area contributed by atoms with E-state index in [4.69, 9.17) is 19.2 Å². The Morgan fingerprint density at radius 3 is 2.84 bits per heavy atom. The van der Waals surface area contributed by atoms with Gasteiger partial charge in [-0.05, 0) is 18.2 Å². The van der Waals surface area contributed by atoms with Crippen molar-refractivity contribution in [3.8, 4) is 23.1 Å². The molecule has 3 N–H and O–H groups in total. The van der Waals surface area contributed by atoms with Crippen LogP contribution in [-0.2, 0) is 14.9 Å². The first-order valence-electron chi connectivity index (χ1n) is 12.5. The lowest BCUT2D eigenvalue weighted by Gasteiger charge is -2.30. The molecule has 0 radical (unpaired) electrons. The number of benzene rings is 1. The smallest absolute Gasteiger partial charge is 0.227 e. The molecule has 2 aromatic heterocycles. The van der Waals surface area contributed by atoms with Crippen molar-refractivity contribution in [1.82, 2.24) is 15.0 Å². The third kappa shape index (κ3) is 5.19. The van der Waals surface area contributed by atoms with E-state index >= 15 is 0 Å². The first-order chi connectivity index (χ1) is 18.5.